The predicted molar refractivity (Wildman–Crippen MR) is 161 cm³/mol. The number of pyridine rings is 1. The number of fused-ring (bicyclic) bond motifs is 4. The first-order chi connectivity index (χ1) is 20.9. The highest BCUT2D eigenvalue weighted by Crippen LogP contribution is 2.32. The number of carbonyl (C=O) groups is 2. The van der Waals surface area contributed by atoms with Crippen molar-refractivity contribution in [1.82, 2.24) is 14.8 Å². The van der Waals surface area contributed by atoms with Gasteiger partial charge in [-0.05, 0) is 73.6 Å². The fourth-order valence-electron chi connectivity index (χ4n) is 6.30. The lowest BCUT2D eigenvalue weighted by Crippen LogP contribution is -2.45. The van der Waals surface area contributed by atoms with E-state index in [1.807, 2.05) is 18.2 Å². The highest BCUT2D eigenvalue weighted by molar-refractivity contribution is 6.07. The highest BCUT2D eigenvalue weighted by atomic mass is 19.1. The van der Waals surface area contributed by atoms with E-state index < -0.39 is 17.6 Å². The summed E-state index contributed by atoms with van der Waals surface area (Å²) >= 11 is 0. The third kappa shape index (κ3) is 5.51. The van der Waals surface area contributed by atoms with Crippen LogP contribution in [0.1, 0.15) is 39.8 Å². The van der Waals surface area contributed by atoms with Crippen molar-refractivity contribution in [1.29, 1.82) is 0 Å². The van der Waals surface area contributed by atoms with E-state index in [0.717, 1.165) is 42.8 Å². The summed E-state index contributed by atoms with van der Waals surface area (Å²) in [7, 11) is 0. The Kier molecular flexibility index (Phi) is 7.16. The highest BCUT2D eigenvalue weighted by Gasteiger charge is 2.42. The van der Waals surface area contributed by atoms with Crippen LogP contribution in [0.4, 0.5) is 15.8 Å². The summed E-state index contributed by atoms with van der Waals surface area (Å²) in [5, 5.41) is 6.21. The Bertz CT molecular complexity index is 1730. The van der Waals surface area contributed by atoms with Crippen molar-refractivity contribution >= 4 is 34.1 Å². The lowest BCUT2D eigenvalue weighted by atomic mass is 10.1. The first-order valence-corrected chi connectivity index (χ1v) is 14.6. The molecule has 2 bridgehead atoms. The van der Waals surface area contributed by atoms with E-state index in [1.165, 1.54) is 24.6 Å². The molecule has 0 radical (unpaired) electrons. The second-order valence-corrected chi connectivity index (χ2v) is 11.2. The van der Waals surface area contributed by atoms with E-state index in [1.54, 1.807) is 30.3 Å². The maximum Gasteiger partial charge on any atom is 0.255 e. The van der Waals surface area contributed by atoms with Crippen LogP contribution in [-0.2, 0) is 6.54 Å². The van der Waals surface area contributed by atoms with E-state index in [9.17, 15) is 14.0 Å². The molecule has 3 aliphatic rings. The molecule has 220 valence electrons. The van der Waals surface area contributed by atoms with Gasteiger partial charge in [0, 0.05) is 53.9 Å². The second-order valence-electron chi connectivity index (χ2n) is 11.2. The first kappa shape index (κ1) is 27.3. The Morgan fingerprint density at radius 1 is 0.860 bits per heavy atom. The average molecular weight is 582 g/mol. The molecule has 2 atom stereocenters. The molecular formula is C33H32FN5O4. The maximum atomic E-state index is 14.7. The molecule has 43 heavy (non-hydrogen) atoms. The van der Waals surface area contributed by atoms with Gasteiger partial charge in [-0.15, -0.1) is 0 Å². The van der Waals surface area contributed by atoms with E-state index in [0.29, 0.717) is 53.6 Å². The zero-order valence-electron chi connectivity index (χ0n) is 23.8. The Morgan fingerprint density at radius 3 is 2.42 bits per heavy atom. The van der Waals surface area contributed by atoms with Crippen LogP contribution in [0.25, 0.3) is 10.9 Å². The number of hydrogen-bond donors (Lipinski definition) is 2. The van der Waals surface area contributed by atoms with Gasteiger partial charge in [-0.2, -0.15) is 0 Å². The lowest BCUT2D eigenvalue weighted by molar-refractivity contribution is 0.101. The minimum atomic E-state index is -0.615. The predicted octanol–water partition coefficient (Wildman–Crippen LogP) is 4.93. The molecule has 2 amide bonds. The van der Waals surface area contributed by atoms with Crippen LogP contribution in [0.3, 0.4) is 0 Å². The van der Waals surface area contributed by atoms with Gasteiger partial charge in [0.15, 0.2) is 11.5 Å². The zero-order chi connectivity index (χ0) is 29.5. The molecule has 0 unspecified atom stereocenters. The summed E-state index contributed by atoms with van der Waals surface area (Å²) in [6.07, 6.45) is 1.23. The van der Waals surface area contributed by atoms with Crippen molar-refractivity contribution in [3.63, 3.8) is 0 Å². The fraction of sp³-hybridized carbons (Fsp3) is 0.303. The number of likely N-dealkylation sites (N-methyl/N-ethyl adjacent to an activating group) is 1. The summed E-state index contributed by atoms with van der Waals surface area (Å²) in [5.41, 5.74) is 2.85. The van der Waals surface area contributed by atoms with Crippen molar-refractivity contribution in [2.45, 2.75) is 32.0 Å². The summed E-state index contributed by atoms with van der Waals surface area (Å²) in [4.78, 5) is 35.9. The quantitative estimate of drug-likeness (QED) is 0.320. The van der Waals surface area contributed by atoms with Crippen molar-refractivity contribution in [2.24, 2.45) is 0 Å². The SMILES string of the molecule is CCN1C[C@@H]2C[C@H]1CN2Cc1ccc2cc(C(=O)Nc3cc(NC(=O)c4ccc5c(c4)OCCO5)ccc3F)ccc2n1. The normalized spacial score (nSPS) is 19.5. The van der Waals surface area contributed by atoms with E-state index in [2.05, 4.69) is 27.4 Å². The zero-order valence-corrected chi connectivity index (χ0v) is 23.8. The smallest absolute Gasteiger partial charge is 0.255 e. The number of hydrogen-bond acceptors (Lipinski definition) is 7. The van der Waals surface area contributed by atoms with Crippen LogP contribution in [0, 0.1) is 5.82 Å². The number of ether oxygens (including phenoxy) is 2. The molecule has 7 rings (SSSR count). The molecule has 2 saturated heterocycles. The summed E-state index contributed by atoms with van der Waals surface area (Å²) in [6.45, 7) is 7.22. The average Bonchev–Trinajstić information content (AvgIpc) is 3.62. The van der Waals surface area contributed by atoms with Gasteiger partial charge in [0.05, 0.1) is 16.9 Å². The summed E-state index contributed by atoms with van der Waals surface area (Å²) in [5.74, 6) is -0.405. The minimum absolute atomic E-state index is 0.0416. The third-order valence-electron chi connectivity index (χ3n) is 8.52. The molecule has 0 spiro atoms. The van der Waals surface area contributed by atoms with Gasteiger partial charge < -0.3 is 20.1 Å². The van der Waals surface area contributed by atoms with Crippen LogP contribution in [0.5, 0.6) is 11.5 Å². The monoisotopic (exact) mass is 581 g/mol. The van der Waals surface area contributed by atoms with Crippen LogP contribution in [-0.4, -0.2) is 71.5 Å². The molecule has 0 aliphatic carbocycles. The van der Waals surface area contributed by atoms with Crippen LogP contribution >= 0.6 is 0 Å². The number of anilines is 2. The largest absolute Gasteiger partial charge is 0.486 e. The topological polar surface area (TPSA) is 96.0 Å². The molecule has 9 nitrogen and oxygen atoms in total. The first-order valence-electron chi connectivity index (χ1n) is 14.6. The number of nitrogens with zero attached hydrogens (tertiary/aromatic N) is 3. The molecule has 3 aliphatic heterocycles. The van der Waals surface area contributed by atoms with Gasteiger partial charge in [-0.3, -0.25) is 24.4 Å². The number of amides is 2. The van der Waals surface area contributed by atoms with Gasteiger partial charge in [0.2, 0.25) is 0 Å². The Balaban J connectivity index is 1.01. The van der Waals surface area contributed by atoms with Gasteiger partial charge >= 0.3 is 0 Å². The maximum absolute atomic E-state index is 14.7. The number of aromatic nitrogens is 1. The molecular weight excluding hydrogens is 549 g/mol. The standard InChI is InChI=1S/C33H32FN5O4/c1-2-38-18-26-16-25(38)19-39(26)17-24-6-3-20-13-21(4-9-28(20)35-24)33(41)37-29-15-23(7-8-27(29)34)36-32(40)22-5-10-30-31(14-22)43-12-11-42-30/h3-10,13-15,25-26H,2,11-12,16-19H2,1H3,(H,36,40)(H,37,41)/t25-,26-/m0/s1. The van der Waals surface area contributed by atoms with E-state index in [4.69, 9.17) is 14.5 Å². The minimum Gasteiger partial charge on any atom is -0.486 e. The fourth-order valence-corrected chi connectivity index (χ4v) is 6.30. The van der Waals surface area contributed by atoms with Gasteiger partial charge in [-0.25, -0.2) is 4.39 Å². The van der Waals surface area contributed by atoms with Crippen molar-refractivity contribution in [3.05, 3.63) is 89.4 Å². The molecule has 4 heterocycles. The molecule has 2 fully saturated rings. The van der Waals surface area contributed by atoms with Crippen LogP contribution in [0.15, 0.2) is 66.7 Å². The molecule has 2 N–H and O–H groups in total. The van der Waals surface area contributed by atoms with Crippen molar-refractivity contribution in [2.75, 3.05) is 43.5 Å². The number of benzene rings is 3. The summed E-state index contributed by atoms with van der Waals surface area (Å²) < 4.78 is 25.7. The van der Waals surface area contributed by atoms with E-state index in [-0.39, 0.29) is 5.69 Å². The number of rotatable bonds is 7. The number of carbonyl (C=O) groups excluding carboxylic acids is 2. The van der Waals surface area contributed by atoms with Gasteiger partial charge in [0.1, 0.15) is 19.0 Å². The van der Waals surface area contributed by atoms with Crippen molar-refractivity contribution < 1.29 is 23.5 Å². The number of piperazine rings is 1. The number of halogens is 1. The summed E-state index contributed by atoms with van der Waals surface area (Å²) in [6, 6.07) is 19.4. The Labute approximate surface area is 248 Å². The van der Waals surface area contributed by atoms with Crippen LogP contribution < -0.4 is 20.1 Å². The lowest BCUT2D eigenvalue weighted by Gasteiger charge is -2.33. The molecule has 10 heteroatoms. The Hall–Kier alpha value is -4.54. The molecule has 1 aromatic heterocycles. The van der Waals surface area contributed by atoms with Gasteiger partial charge in [-0.1, -0.05) is 13.0 Å². The number of likely N-dealkylation sites (tertiary alicyclic amines) is 2. The molecule has 4 aromatic rings. The third-order valence-corrected chi connectivity index (χ3v) is 8.52. The number of nitrogens with one attached hydrogen (secondary N) is 2. The molecule has 3 aromatic carbocycles. The molecule has 0 saturated carbocycles. The Morgan fingerprint density at radius 2 is 1.60 bits per heavy atom. The van der Waals surface area contributed by atoms with Crippen LogP contribution in [0.2, 0.25) is 0 Å². The van der Waals surface area contributed by atoms with Gasteiger partial charge in [0.25, 0.3) is 11.8 Å². The van der Waals surface area contributed by atoms with E-state index >= 15 is 0 Å². The second kappa shape index (κ2) is 11.3. The van der Waals surface area contributed by atoms with Crippen molar-refractivity contribution in [3.8, 4) is 11.5 Å².